The number of urea groups is 1. The zero-order chi connectivity index (χ0) is 16.9. The number of piperidine rings is 1. The number of rotatable bonds is 3. The largest absolute Gasteiger partial charge is 0.329 e. The predicted octanol–water partition coefficient (Wildman–Crippen LogP) is 3.97. The lowest BCUT2D eigenvalue weighted by Gasteiger charge is -2.37. The SMILES string of the molecule is CN1CCC(N(C)C(=O)N(c2ccccc2)c2ccccc2)CC1. The molecule has 2 aromatic rings. The molecule has 1 aliphatic rings. The van der Waals surface area contributed by atoms with Gasteiger partial charge in [-0.1, -0.05) is 36.4 Å². The minimum absolute atomic E-state index is 0.0296. The first-order valence-electron chi connectivity index (χ1n) is 8.52. The highest BCUT2D eigenvalue weighted by molar-refractivity contribution is 5.99. The predicted molar refractivity (Wildman–Crippen MR) is 98.7 cm³/mol. The number of anilines is 2. The Kier molecular flexibility index (Phi) is 5.16. The summed E-state index contributed by atoms with van der Waals surface area (Å²) in [6.07, 6.45) is 2.05. The number of para-hydroxylation sites is 2. The van der Waals surface area contributed by atoms with Crippen molar-refractivity contribution in [2.75, 3.05) is 32.1 Å². The van der Waals surface area contributed by atoms with Crippen LogP contribution in [0.3, 0.4) is 0 Å². The number of hydrogen-bond donors (Lipinski definition) is 0. The fourth-order valence-corrected chi connectivity index (χ4v) is 3.22. The molecule has 0 atom stereocenters. The van der Waals surface area contributed by atoms with Crippen LogP contribution in [-0.4, -0.2) is 49.1 Å². The normalized spacial score (nSPS) is 15.9. The number of likely N-dealkylation sites (tertiary alicyclic amines) is 1. The van der Waals surface area contributed by atoms with Crippen molar-refractivity contribution in [2.24, 2.45) is 0 Å². The van der Waals surface area contributed by atoms with E-state index in [0.29, 0.717) is 6.04 Å². The number of hydrogen-bond acceptors (Lipinski definition) is 2. The van der Waals surface area contributed by atoms with Crippen molar-refractivity contribution in [3.05, 3.63) is 60.7 Å². The Labute approximate surface area is 144 Å². The van der Waals surface area contributed by atoms with Gasteiger partial charge in [0.2, 0.25) is 0 Å². The molecule has 4 nitrogen and oxygen atoms in total. The first-order valence-corrected chi connectivity index (χ1v) is 8.52. The topological polar surface area (TPSA) is 26.8 Å². The molecule has 0 unspecified atom stereocenters. The summed E-state index contributed by atoms with van der Waals surface area (Å²) in [7, 11) is 4.06. The molecule has 0 aliphatic carbocycles. The second-order valence-corrected chi connectivity index (χ2v) is 6.43. The van der Waals surface area contributed by atoms with Gasteiger partial charge in [-0.25, -0.2) is 4.79 Å². The van der Waals surface area contributed by atoms with Crippen LogP contribution in [0.4, 0.5) is 16.2 Å². The Morgan fingerprint density at radius 2 is 1.38 bits per heavy atom. The van der Waals surface area contributed by atoms with E-state index in [2.05, 4.69) is 11.9 Å². The maximum atomic E-state index is 13.3. The van der Waals surface area contributed by atoms with Gasteiger partial charge in [-0.15, -0.1) is 0 Å². The number of amides is 2. The molecular weight excluding hydrogens is 298 g/mol. The van der Waals surface area contributed by atoms with Crippen molar-refractivity contribution in [1.82, 2.24) is 9.80 Å². The van der Waals surface area contributed by atoms with Crippen molar-refractivity contribution in [3.8, 4) is 0 Å². The molecule has 0 saturated carbocycles. The summed E-state index contributed by atoms with van der Waals surface area (Å²) in [5, 5.41) is 0. The zero-order valence-electron chi connectivity index (χ0n) is 14.4. The van der Waals surface area contributed by atoms with Crippen LogP contribution >= 0.6 is 0 Å². The first-order chi connectivity index (χ1) is 11.7. The first kappa shape index (κ1) is 16.5. The summed E-state index contributed by atoms with van der Waals surface area (Å²) in [6, 6.07) is 20.0. The molecule has 2 aromatic carbocycles. The number of benzene rings is 2. The highest BCUT2D eigenvalue weighted by atomic mass is 16.2. The minimum atomic E-state index is 0.0296. The third kappa shape index (κ3) is 3.60. The maximum Gasteiger partial charge on any atom is 0.329 e. The number of carbonyl (C=O) groups is 1. The molecular formula is C20H25N3O. The van der Waals surface area contributed by atoms with E-state index in [9.17, 15) is 4.79 Å². The van der Waals surface area contributed by atoms with Crippen molar-refractivity contribution in [2.45, 2.75) is 18.9 Å². The van der Waals surface area contributed by atoms with Gasteiger partial charge in [-0.2, -0.15) is 0 Å². The van der Waals surface area contributed by atoms with E-state index < -0.39 is 0 Å². The molecule has 4 heteroatoms. The standard InChI is InChI=1S/C20H25N3O/c1-21-15-13-17(14-16-21)22(2)20(24)23(18-9-5-3-6-10-18)19-11-7-4-8-12-19/h3-12,17H,13-16H2,1-2H3. The monoisotopic (exact) mass is 323 g/mol. The van der Waals surface area contributed by atoms with Gasteiger partial charge < -0.3 is 9.80 Å². The van der Waals surface area contributed by atoms with Gasteiger partial charge in [-0.05, 0) is 57.2 Å². The van der Waals surface area contributed by atoms with E-state index in [0.717, 1.165) is 37.3 Å². The van der Waals surface area contributed by atoms with Gasteiger partial charge in [0.25, 0.3) is 0 Å². The summed E-state index contributed by atoms with van der Waals surface area (Å²) >= 11 is 0. The molecule has 0 N–H and O–H groups in total. The Bertz CT molecular complexity index is 612. The molecule has 0 bridgehead atoms. The molecule has 1 heterocycles. The quantitative estimate of drug-likeness (QED) is 0.854. The fraction of sp³-hybridized carbons (Fsp3) is 0.350. The van der Waals surface area contributed by atoms with Gasteiger partial charge in [0.15, 0.2) is 0 Å². The van der Waals surface area contributed by atoms with E-state index in [-0.39, 0.29) is 6.03 Å². The van der Waals surface area contributed by atoms with Gasteiger partial charge in [-0.3, -0.25) is 4.90 Å². The third-order valence-electron chi connectivity index (χ3n) is 4.76. The molecule has 1 fully saturated rings. The zero-order valence-corrected chi connectivity index (χ0v) is 14.4. The minimum Gasteiger partial charge on any atom is -0.324 e. The van der Waals surface area contributed by atoms with Crippen molar-refractivity contribution < 1.29 is 4.79 Å². The highest BCUT2D eigenvalue weighted by Gasteiger charge is 2.28. The average Bonchev–Trinajstić information content (AvgIpc) is 2.64. The molecule has 126 valence electrons. The van der Waals surface area contributed by atoms with Crippen LogP contribution in [-0.2, 0) is 0 Å². The van der Waals surface area contributed by atoms with Crippen LogP contribution in [0.25, 0.3) is 0 Å². The average molecular weight is 323 g/mol. The summed E-state index contributed by atoms with van der Waals surface area (Å²) < 4.78 is 0. The van der Waals surface area contributed by atoms with Crippen molar-refractivity contribution in [3.63, 3.8) is 0 Å². The van der Waals surface area contributed by atoms with E-state index in [4.69, 9.17) is 0 Å². The Balaban J connectivity index is 1.86. The van der Waals surface area contributed by atoms with E-state index in [1.165, 1.54) is 0 Å². The van der Waals surface area contributed by atoms with Crippen LogP contribution < -0.4 is 4.90 Å². The molecule has 1 aliphatic heterocycles. The van der Waals surface area contributed by atoms with Crippen LogP contribution in [0.2, 0.25) is 0 Å². The van der Waals surface area contributed by atoms with E-state index >= 15 is 0 Å². The van der Waals surface area contributed by atoms with Gasteiger partial charge >= 0.3 is 6.03 Å². The van der Waals surface area contributed by atoms with Gasteiger partial charge in [0.1, 0.15) is 0 Å². The Morgan fingerprint density at radius 3 is 1.83 bits per heavy atom. The second kappa shape index (κ2) is 7.49. The van der Waals surface area contributed by atoms with Crippen LogP contribution in [0, 0.1) is 0 Å². The van der Waals surface area contributed by atoms with E-state index in [1.54, 1.807) is 4.90 Å². The number of carbonyl (C=O) groups excluding carboxylic acids is 1. The van der Waals surface area contributed by atoms with E-state index in [1.807, 2.05) is 72.6 Å². The summed E-state index contributed by atoms with van der Waals surface area (Å²) in [6.45, 7) is 2.08. The molecule has 2 amide bonds. The lowest BCUT2D eigenvalue weighted by atomic mass is 10.0. The van der Waals surface area contributed by atoms with Crippen molar-refractivity contribution in [1.29, 1.82) is 0 Å². The van der Waals surface area contributed by atoms with Crippen LogP contribution in [0.15, 0.2) is 60.7 Å². The third-order valence-corrected chi connectivity index (χ3v) is 4.76. The fourth-order valence-electron chi connectivity index (χ4n) is 3.22. The molecule has 0 aromatic heterocycles. The highest BCUT2D eigenvalue weighted by Crippen LogP contribution is 2.27. The Hall–Kier alpha value is -2.33. The molecule has 0 radical (unpaired) electrons. The van der Waals surface area contributed by atoms with Crippen LogP contribution in [0.5, 0.6) is 0 Å². The Morgan fingerprint density at radius 1 is 0.917 bits per heavy atom. The maximum absolute atomic E-state index is 13.3. The molecule has 24 heavy (non-hydrogen) atoms. The molecule has 1 saturated heterocycles. The van der Waals surface area contributed by atoms with Gasteiger partial charge in [0, 0.05) is 13.1 Å². The molecule has 0 spiro atoms. The van der Waals surface area contributed by atoms with Crippen molar-refractivity contribution >= 4 is 17.4 Å². The lowest BCUT2D eigenvalue weighted by molar-refractivity contribution is 0.153. The summed E-state index contributed by atoms with van der Waals surface area (Å²) in [5.74, 6) is 0. The second-order valence-electron chi connectivity index (χ2n) is 6.43. The lowest BCUT2D eigenvalue weighted by Crippen LogP contribution is -2.48. The smallest absolute Gasteiger partial charge is 0.324 e. The summed E-state index contributed by atoms with van der Waals surface area (Å²) in [5.41, 5.74) is 1.79. The van der Waals surface area contributed by atoms with Crippen LogP contribution in [0.1, 0.15) is 12.8 Å². The number of nitrogens with zero attached hydrogens (tertiary/aromatic N) is 3. The van der Waals surface area contributed by atoms with Gasteiger partial charge in [0.05, 0.1) is 11.4 Å². The molecule has 3 rings (SSSR count). The summed E-state index contributed by atoms with van der Waals surface area (Å²) in [4.78, 5) is 19.3.